The molecule has 0 bridgehead atoms. The number of carbonyl (C=O) groups excluding carboxylic acids is 1. The van der Waals surface area contributed by atoms with E-state index in [1.54, 1.807) is 36.4 Å². The molecule has 0 fully saturated rings. The molecule has 0 atom stereocenters. The summed E-state index contributed by atoms with van der Waals surface area (Å²) >= 11 is 0. The maximum Gasteiger partial charge on any atom is 0.337 e. The Kier molecular flexibility index (Phi) is 5.57. The van der Waals surface area contributed by atoms with E-state index in [0.29, 0.717) is 39.9 Å². The fourth-order valence-electron chi connectivity index (χ4n) is 3.07. The summed E-state index contributed by atoms with van der Waals surface area (Å²) < 4.78 is 9.98. The van der Waals surface area contributed by atoms with Crippen molar-refractivity contribution in [3.8, 4) is 45.7 Å². The van der Waals surface area contributed by atoms with Crippen LogP contribution in [0.3, 0.4) is 0 Å². The molecule has 0 amide bonds. The average Bonchev–Trinajstić information content (AvgIpc) is 2.83. The van der Waals surface area contributed by atoms with Crippen molar-refractivity contribution in [3.63, 3.8) is 0 Å². The van der Waals surface area contributed by atoms with E-state index in [4.69, 9.17) is 9.47 Å². The van der Waals surface area contributed by atoms with Gasteiger partial charge in [-0.25, -0.2) is 19.7 Å². The van der Waals surface area contributed by atoms with Crippen molar-refractivity contribution in [3.05, 3.63) is 78.4 Å². The maximum absolute atomic E-state index is 12.0. The lowest BCUT2D eigenvalue weighted by molar-refractivity contribution is 0.0601. The van der Waals surface area contributed by atoms with Crippen LogP contribution in [0.25, 0.3) is 34.2 Å². The number of nitrogens with zero attached hydrogens (tertiary/aromatic N) is 3. The van der Waals surface area contributed by atoms with Crippen LogP contribution in [0.5, 0.6) is 11.5 Å². The van der Waals surface area contributed by atoms with Gasteiger partial charge in [-0.1, -0.05) is 42.5 Å². The Morgan fingerprint density at radius 2 is 1.45 bits per heavy atom. The first kappa shape index (κ1) is 20.0. The monoisotopic (exact) mass is 413 g/mol. The third-order valence-electron chi connectivity index (χ3n) is 4.66. The molecule has 0 saturated heterocycles. The van der Waals surface area contributed by atoms with E-state index in [1.807, 2.05) is 30.3 Å². The van der Waals surface area contributed by atoms with Gasteiger partial charge < -0.3 is 14.6 Å². The topological polar surface area (TPSA) is 94.4 Å². The number of benzene rings is 3. The predicted molar refractivity (Wildman–Crippen MR) is 116 cm³/mol. The minimum atomic E-state index is -0.452. The molecule has 0 unspecified atom stereocenters. The molecule has 1 aromatic heterocycles. The van der Waals surface area contributed by atoms with Crippen molar-refractivity contribution < 1.29 is 19.4 Å². The number of esters is 1. The predicted octanol–water partition coefficient (Wildman–Crippen LogP) is 4.37. The quantitative estimate of drug-likeness (QED) is 0.485. The maximum atomic E-state index is 12.0. The van der Waals surface area contributed by atoms with Crippen LogP contribution in [0.4, 0.5) is 0 Å². The van der Waals surface area contributed by atoms with Crippen molar-refractivity contribution in [1.29, 1.82) is 0 Å². The molecule has 154 valence electrons. The number of methoxy groups -OCH3 is 2. The van der Waals surface area contributed by atoms with E-state index in [-0.39, 0.29) is 5.75 Å². The Hall–Kier alpha value is -4.26. The molecule has 0 aliphatic rings. The number of rotatable bonds is 5. The number of phenols is 1. The van der Waals surface area contributed by atoms with Gasteiger partial charge in [0.05, 0.1) is 25.3 Å². The second-order valence-electron chi connectivity index (χ2n) is 6.63. The van der Waals surface area contributed by atoms with Crippen LogP contribution in [0, 0.1) is 0 Å². The number of ether oxygens (including phenoxy) is 2. The van der Waals surface area contributed by atoms with Crippen LogP contribution in [0.1, 0.15) is 10.4 Å². The van der Waals surface area contributed by atoms with Crippen LogP contribution in [0.15, 0.2) is 72.8 Å². The first-order chi connectivity index (χ1) is 15.1. The fraction of sp³-hybridized carbons (Fsp3) is 0.0833. The first-order valence-electron chi connectivity index (χ1n) is 9.46. The van der Waals surface area contributed by atoms with Gasteiger partial charge >= 0.3 is 5.97 Å². The first-order valence-corrected chi connectivity index (χ1v) is 9.46. The third kappa shape index (κ3) is 4.20. The molecule has 0 saturated carbocycles. The van der Waals surface area contributed by atoms with E-state index in [1.165, 1.54) is 20.3 Å². The van der Waals surface area contributed by atoms with Crippen molar-refractivity contribution in [2.45, 2.75) is 0 Å². The van der Waals surface area contributed by atoms with E-state index in [2.05, 4.69) is 15.0 Å². The highest BCUT2D eigenvalue weighted by molar-refractivity contribution is 5.90. The summed E-state index contributed by atoms with van der Waals surface area (Å²) in [5.74, 6) is 1.16. The third-order valence-corrected chi connectivity index (χ3v) is 4.66. The van der Waals surface area contributed by atoms with Gasteiger partial charge in [0, 0.05) is 17.2 Å². The van der Waals surface area contributed by atoms with Crippen LogP contribution in [-0.4, -0.2) is 40.2 Å². The van der Waals surface area contributed by atoms with Crippen molar-refractivity contribution in [1.82, 2.24) is 15.0 Å². The average molecular weight is 413 g/mol. The molecule has 3 aromatic carbocycles. The summed E-state index contributed by atoms with van der Waals surface area (Å²) in [6, 6.07) is 21.2. The van der Waals surface area contributed by atoms with Crippen molar-refractivity contribution in [2.24, 2.45) is 0 Å². The van der Waals surface area contributed by atoms with Crippen molar-refractivity contribution in [2.75, 3.05) is 14.2 Å². The van der Waals surface area contributed by atoms with Gasteiger partial charge in [-0.05, 0) is 24.3 Å². The molecule has 4 rings (SSSR count). The van der Waals surface area contributed by atoms with Crippen LogP contribution < -0.4 is 4.74 Å². The zero-order valence-electron chi connectivity index (χ0n) is 16.9. The lowest BCUT2D eigenvalue weighted by atomic mass is 10.1. The molecule has 1 N–H and O–H groups in total. The second kappa shape index (κ2) is 8.62. The summed E-state index contributed by atoms with van der Waals surface area (Å²) in [5.41, 5.74) is 2.24. The molecule has 31 heavy (non-hydrogen) atoms. The molecule has 4 aromatic rings. The molecular formula is C24H19N3O4. The Balaban J connectivity index is 1.90. The Morgan fingerprint density at radius 3 is 2.13 bits per heavy atom. The SMILES string of the molecule is COC(=O)c1cccc(-c2nc(-c3ccccc3)nc(-c3ccc(OC)cc3O)n2)c1. The Bertz CT molecular complexity index is 1240. The minimum absolute atomic E-state index is 0.0150. The molecule has 0 radical (unpaired) electrons. The highest BCUT2D eigenvalue weighted by Crippen LogP contribution is 2.32. The lowest BCUT2D eigenvalue weighted by Crippen LogP contribution is -2.03. The minimum Gasteiger partial charge on any atom is -0.507 e. The summed E-state index contributed by atoms with van der Waals surface area (Å²) in [6.07, 6.45) is 0. The number of hydrogen-bond donors (Lipinski definition) is 1. The number of hydrogen-bond acceptors (Lipinski definition) is 7. The summed E-state index contributed by atoms with van der Waals surface area (Å²) in [7, 11) is 2.85. The van der Waals surface area contributed by atoms with Crippen LogP contribution in [0.2, 0.25) is 0 Å². The number of carbonyl (C=O) groups is 1. The van der Waals surface area contributed by atoms with Crippen LogP contribution >= 0.6 is 0 Å². The highest BCUT2D eigenvalue weighted by atomic mass is 16.5. The molecular weight excluding hydrogens is 394 g/mol. The van der Waals surface area contributed by atoms with Gasteiger partial charge in [0.15, 0.2) is 17.5 Å². The molecule has 7 nitrogen and oxygen atoms in total. The highest BCUT2D eigenvalue weighted by Gasteiger charge is 2.16. The van der Waals surface area contributed by atoms with Gasteiger partial charge in [-0.2, -0.15) is 0 Å². The zero-order chi connectivity index (χ0) is 21.8. The molecule has 0 aliphatic heterocycles. The van der Waals surface area contributed by atoms with Gasteiger partial charge in [0.1, 0.15) is 11.5 Å². The number of aromatic hydroxyl groups is 1. The number of phenolic OH excluding ortho intramolecular Hbond substituents is 1. The summed E-state index contributed by atoms with van der Waals surface area (Å²) in [6.45, 7) is 0. The van der Waals surface area contributed by atoms with Crippen molar-refractivity contribution >= 4 is 5.97 Å². The molecule has 7 heteroatoms. The second-order valence-corrected chi connectivity index (χ2v) is 6.63. The van der Waals surface area contributed by atoms with Gasteiger partial charge in [0.2, 0.25) is 0 Å². The van der Waals surface area contributed by atoms with Gasteiger partial charge in [0.25, 0.3) is 0 Å². The van der Waals surface area contributed by atoms with E-state index >= 15 is 0 Å². The normalized spacial score (nSPS) is 10.5. The summed E-state index contributed by atoms with van der Waals surface area (Å²) in [4.78, 5) is 25.7. The number of aromatic nitrogens is 3. The van der Waals surface area contributed by atoms with Crippen LogP contribution in [-0.2, 0) is 4.74 Å². The fourth-order valence-corrected chi connectivity index (χ4v) is 3.07. The molecule has 1 heterocycles. The van der Waals surface area contributed by atoms with Gasteiger partial charge in [-0.15, -0.1) is 0 Å². The zero-order valence-corrected chi connectivity index (χ0v) is 16.9. The largest absolute Gasteiger partial charge is 0.507 e. The van der Waals surface area contributed by atoms with E-state index < -0.39 is 5.97 Å². The van der Waals surface area contributed by atoms with E-state index in [9.17, 15) is 9.90 Å². The molecule has 0 spiro atoms. The molecule has 0 aliphatic carbocycles. The smallest absolute Gasteiger partial charge is 0.337 e. The Morgan fingerprint density at radius 1 is 0.774 bits per heavy atom. The lowest BCUT2D eigenvalue weighted by Gasteiger charge is -2.10. The standard InChI is InChI=1S/C24H19N3O4/c1-30-18-11-12-19(20(28)14-18)23-26-21(15-7-4-3-5-8-15)25-22(27-23)16-9-6-10-17(13-16)24(29)31-2/h3-14,28H,1-2H3. The van der Waals surface area contributed by atoms with E-state index in [0.717, 1.165) is 5.56 Å². The van der Waals surface area contributed by atoms with Gasteiger partial charge in [-0.3, -0.25) is 0 Å². The summed E-state index contributed by atoms with van der Waals surface area (Å²) in [5, 5.41) is 10.5. The Labute approximate surface area is 179 Å².